The summed E-state index contributed by atoms with van der Waals surface area (Å²) in [7, 11) is 1.71. The largest absolute Gasteiger partial charge is 0.318 e. The maximum absolute atomic E-state index is 10.8. The summed E-state index contributed by atoms with van der Waals surface area (Å²) in [5.41, 5.74) is 2.92. The van der Waals surface area contributed by atoms with Crippen LogP contribution in [0.5, 0.6) is 0 Å². The average molecular weight is 225 g/mol. The molecule has 0 fully saturated rings. The molecule has 1 amide bonds. The summed E-state index contributed by atoms with van der Waals surface area (Å²) in [6, 6.07) is 12.2. The molecule has 0 N–H and O–H groups in total. The number of amides is 1. The van der Waals surface area contributed by atoms with E-state index in [-0.39, 0.29) is 0 Å². The Labute approximate surface area is 101 Å². The third-order valence-corrected chi connectivity index (χ3v) is 3.01. The second-order valence-corrected chi connectivity index (χ2v) is 4.14. The van der Waals surface area contributed by atoms with E-state index in [2.05, 4.69) is 31.7 Å². The molecule has 0 aliphatic rings. The van der Waals surface area contributed by atoms with Crippen molar-refractivity contribution in [3.63, 3.8) is 0 Å². The zero-order valence-electron chi connectivity index (χ0n) is 10.1. The van der Waals surface area contributed by atoms with E-state index in [0.717, 1.165) is 23.1 Å². The van der Waals surface area contributed by atoms with E-state index in [1.807, 2.05) is 18.2 Å². The highest BCUT2D eigenvalue weighted by Gasteiger charge is 2.09. The van der Waals surface area contributed by atoms with Crippen LogP contribution in [0, 0.1) is 6.92 Å². The van der Waals surface area contributed by atoms with Crippen molar-refractivity contribution in [3.05, 3.63) is 54.1 Å². The summed E-state index contributed by atoms with van der Waals surface area (Å²) < 4.78 is 0. The van der Waals surface area contributed by atoms with E-state index in [9.17, 15) is 4.79 Å². The molecule has 0 aromatic heterocycles. The van der Waals surface area contributed by atoms with Crippen LogP contribution in [0.2, 0.25) is 0 Å². The molecule has 0 radical (unpaired) electrons. The first-order valence-electron chi connectivity index (χ1n) is 5.51. The first kappa shape index (κ1) is 11.4. The average Bonchev–Trinajstić information content (AvgIpc) is 2.36. The number of rotatable bonds is 3. The van der Waals surface area contributed by atoms with Crippen molar-refractivity contribution in [3.8, 4) is 0 Å². The van der Waals surface area contributed by atoms with Crippen molar-refractivity contribution in [2.75, 3.05) is 7.05 Å². The minimum atomic E-state index is 0.722. The maximum Gasteiger partial charge on any atom is 0.213 e. The van der Waals surface area contributed by atoms with Crippen LogP contribution in [0.4, 0.5) is 0 Å². The Hall–Kier alpha value is -2.09. The Morgan fingerprint density at radius 3 is 2.53 bits per heavy atom. The molecule has 0 saturated carbocycles. The van der Waals surface area contributed by atoms with Crippen molar-refractivity contribution in [2.24, 2.45) is 0 Å². The molecule has 17 heavy (non-hydrogen) atoms. The van der Waals surface area contributed by atoms with Gasteiger partial charge >= 0.3 is 0 Å². The molecule has 0 heterocycles. The first-order chi connectivity index (χ1) is 8.15. The molecule has 0 aliphatic heterocycles. The van der Waals surface area contributed by atoms with Crippen LogP contribution in [-0.2, 0) is 4.79 Å². The number of nitrogens with zero attached hydrogens (tertiary/aromatic N) is 1. The standard InChI is InChI=1S/C15H15NO/c1-11-6-4-7-13-8-5-9-14(15(11)13)12(2)16(3)10-17/h4-10H,2H2,1,3H3. The molecule has 2 aromatic rings. The lowest BCUT2D eigenvalue weighted by molar-refractivity contribution is -0.114. The maximum atomic E-state index is 10.8. The fourth-order valence-electron chi connectivity index (χ4n) is 2.02. The van der Waals surface area contributed by atoms with Gasteiger partial charge in [-0.25, -0.2) is 0 Å². The molecular formula is C15H15NO. The van der Waals surface area contributed by atoms with Crippen LogP contribution < -0.4 is 0 Å². The van der Waals surface area contributed by atoms with Crippen LogP contribution in [0.3, 0.4) is 0 Å². The SMILES string of the molecule is C=C(c1cccc2cccc(C)c12)N(C)C=O. The van der Waals surface area contributed by atoms with Gasteiger partial charge in [0.05, 0.1) is 0 Å². The molecule has 86 valence electrons. The predicted octanol–water partition coefficient (Wildman–Crippen LogP) is 3.21. The Balaban J connectivity index is 2.70. The molecule has 2 aromatic carbocycles. The molecule has 0 unspecified atom stereocenters. The second-order valence-electron chi connectivity index (χ2n) is 4.14. The minimum Gasteiger partial charge on any atom is -0.318 e. The molecule has 0 atom stereocenters. The number of aryl methyl sites for hydroxylation is 1. The van der Waals surface area contributed by atoms with Gasteiger partial charge in [-0.3, -0.25) is 4.79 Å². The van der Waals surface area contributed by atoms with Gasteiger partial charge in [-0.1, -0.05) is 43.0 Å². The van der Waals surface area contributed by atoms with Crippen LogP contribution in [0.25, 0.3) is 16.5 Å². The van der Waals surface area contributed by atoms with Crippen LogP contribution >= 0.6 is 0 Å². The number of carbonyl (C=O) groups is 1. The van der Waals surface area contributed by atoms with E-state index in [1.54, 1.807) is 7.05 Å². The number of benzene rings is 2. The Morgan fingerprint density at radius 2 is 1.88 bits per heavy atom. The third-order valence-electron chi connectivity index (χ3n) is 3.01. The molecule has 2 nitrogen and oxygen atoms in total. The van der Waals surface area contributed by atoms with Gasteiger partial charge in [-0.2, -0.15) is 0 Å². The molecule has 0 saturated heterocycles. The third kappa shape index (κ3) is 1.94. The summed E-state index contributed by atoms with van der Waals surface area (Å²) in [6.45, 7) is 6.05. The van der Waals surface area contributed by atoms with Crippen LogP contribution in [0.1, 0.15) is 11.1 Å². The summed E-state index contributed by atoms with van der Waals surface area (Å²) in [4.78, 5) is 12.3. The van der Waals surface area contributed by atoms with E-state index in [0.29, 0.717) is 0 Å². The minimum absolute atomic E-state index is 0.722. The number of hydrogen-bond acceptors (Lipinski definition) is 1. The predicted molar refractivity (Wildman–Crippen MR) is 71.5 cm³/mol. The van der Waals surface area contributed by atoms with E-state index in [1.165, 1.54) is 15.8 Å². The Morgan fingerprint density at radius 1 is 1.24 bits per heavy atom. The summed E-state index contributed by atoms with van der Waals surface area (Å²) in [6.07, 6.45) is 0.777. The first-order valence-corrected chi connectivity index (χ1v) is 5.51. The Kier molecular flexibility index (Phi) is 2.96. The van der Waals surface area contributed by atoms with Crippen molar-refractivity contribution >= 4 is 22.9 Å². The fourth-order valence-corrected chi connectivity index (χ4v) is 2.02. The van der Waals surface area contributed by atoms with Gasteiger partial charge < -0.3 is 4.90 Å². The van der Waals surface area contributed by atoms with Crippen LogP contribution in [0.15, 0.2) is 43.0 Å². The van der Waals surface area contributed by atoms with Gasteiger partial charge in [0.25, 0.3) is 0 Å². The van der Waals surface area contributed by atoms with Gasteiger partial charge in [0.2, 0.25) is 6.41 Å². The topological polar surface area (TPSA) is 20.3 Å². The van der Waals surface area contributed by atoms with E-state index in [4.69, 9.17) is 0 Å². The number of hydrogen-bond donors (Lipinski definition) is 0. The quantitative estimate of drug-likeness (QED) is 0.734. The van der Waals surface area contributed by atoms with Gasteiger partial charge in [0.15, 0.2) is 0 Å². The highest BCUT2D eigenvalue weighted by Crippen LogP contribution is 2.27. The highest BCUT2D eigenvalue weighted by molar-refractivity contribution is 5.96. The zero-order valence-corrected chi connectivity index (χ0v) is 10.1. The van der Waals surface area contributed by atoms with Crippen molar-refractivity contribution in [1.82, 2.24) is 4.90 Å². The summed E-state index contributed by atoms with van der Waals surface area (Å²) >= 11 is 0. The lowest BCUT2D eigenvalue weighted by Gasteiger charge is -2.17. The molecule has 0 spiro atoms. The smallest absolute Gasteiger partial charge is 0.213 e. The summed E-state index contributed by atoms with van der Waals surface area (Å²) in [5, 5.41) is 2.33. The van der Waals surface area contributed by atoms with Crippen molar-refractivity contribution in [2.45, 2.75) is 6.92 Å². The van der Waals surface area contributed by atoms with Gasteiger partial charge in [0, 0.05) is 18.3 Å². The molecule has 0 aliphatic carbocycles. The molecule has 2 rings (SSSR count). The van der Waals surface area contributed by atoms with Crippen LogP contribution in [-0.4, -0.2) is 18.4 Å². The number of fused-ring (bicyclic) bond motifs is 1. The normalized spacial score (nSPS) is 10.2. The second kappa shape index (κ2) is 4.42. The van der Waals surface area contributed by atoms with Crippen molar-refractivity contribution in [1.29, 1.82) is 0 Å². The highest BCUT2D eigenvalue weighted by atomic mass is 16.1. The fraction of sp³-hybridized carbons (Fsp3) is 0.133. The Bertz CT molecular complexity index is 581. The monoisotopic (exact) mass is 225 g/mol. The zero-order chi connectivity index (χ0) is 12.4. The van der Waals surface area contributed by atoms with Gasteiger partial charge in [-0.15, -0.1) is 0 Å². The molecule has 0 bridgehead atoms. The van der Waals surface area contributed by atoms with Gasteiger partial charge in [0.1, 0.15) is 0 Å². The lowest BCUT2D eigenvalue weighted by atomic mass is 9.98. The summed E-state index contributed by atoms with van der Waals surface area (Å²) in [5.74, 6) is 0. The van der Waals surface area contributed by atoms with E-state index < -0.39 is 0 Å². The lowest BCUT2D eigenvalue weighted by Crippen LogP contribution is -2.13. The van der Waals surface area contributed by atoms with Crippen molar-refractivity contribution < 1.29 is 4.79 Å². The molecule has 2 heteroatoms. The van der Waals surface area contributed by atoms with E-state index >= 15 is 0 Å². The van der Waals surface area contributed by atoms with Gasteiger partial charge in [-0.05, 0) is 23.3 Å². The number of carbonyl (C=O) groups excluding carboxylic acids is 1. The molecular weight excluding hydrogens is 210 g/mol.